The van der Waals surface area contributed by atoms with Gasteiger partial charge < -0.3 is 29.9 Å². The number of methoxy groups -OCH3 is 1. The summed E-state index contributed by atoms with van der Waals surface area (Å²) in [5, 5.41) is 40.9. The second kappa shape index (κ2) is 12.6. The summed E-state index contributed by atoms with van der Waals surface area (Å²) in [5.74, 6) is 1.09. The largest absolute Gasteiger partial charge is 0.394 e. The van der Waals surface area contributed by atoms with E-state index in [9.17, 15) is 24.8 Å². The van der Waals surface area contributed by atoms with Crippen molar-refractivity contribution in [3.8, 4) is 11.5 Å². The lowest BCUT2D eigenvalue weighted by atomic mass is 9.87. The highest BCUT2D eigenvalue weighted by molar-refractivity contribution is 6.90. The number of benzene rings is 2. The van der Waals surface area contributed by atoms with Crippen LogP contribution in [0.25, 0.3) is 0 Å². The Morgan fingerprint density at radius 3 is 2.05 bits per heavy atom. The molecule has 5 atom stereocenters. The number of hydrogen-bond donors (Lipinski definition) is 4. The molecule has 1 unspecified atom stereocenters. The maximum Gasteiger partial charge on any atom is 0.224 e. The topological polar surface area (TPSA) is 99.4 Å². The van der Waals surface area contributed by atoms with Crippen LogP contribution in [0.2, 0.25) is 16.6 Å². The molecule has 1 aliphatic heterocycles. The van der Waals surface area contributed by atoms with Gasteiger partial charge in [-0.25, -0.2) is 4.39 Å². The Kier molecular flexibility index (Phi) is 10.2. The highest BCUT2D eigenvalue weighted by Crippen LogP contribution is 2.41. The zero-order valence-corrected chi connectivity index (χ0v) is 25.0. The normalized spacial score (nSPS) is 25.7. The molecule has 0 amide bonds. The van der Waals surface area contributed by atoms with Gasteiger partial charge >= 0.3 is 0 Å². The van der Waals surface area contributed by atoms with Crippen molar-refractivity contribution in [3.05, 3.63) is 70.5 Å². The van der Waals surface area contributed by atoms with Crippen LogP contribution in [0.1, 0.15) is 63.8 Å². The van der Waals surface area contributed by atoms with Gasteiger partial charge in [0.1, 0.15) is 38.3 Å². The highest BCUT2D eigenvalue weighted by Gasteiger charge is 2.55. The fraction of sp³-hybridized carbons (Fsp3) is 0.548. The molecule has 0 spiro atoms. The fourth-order valence-corrected chi connectivity index (χ4v) is 11.4. The first-order chi connectivity index (χ1) is 18.3. The molecule has 4 N–H and O–H groups in total. The molecule has 0 saturated carbocycles. The van der Waals surface area contributed by atoms with Crippen LogP contribution in [-0.4, -0.2) is 66.6 Å². The summed E-state index contributed by atoms with van der Waals surface area (Å²) in [6.45, 7) is 13.1. The zero-order valence-electron chi connectivity index (χ0n) is 24.0. The van der Waals surface area contributed by atoms with Gasteiger partial charge in [-0.05, 0) is 52.0 Å². The molecule has 214 valence electrons. The average Bonchev–Trinajstić information content (AvgIpc) is 2.90. The summed E-state index contributed by atoms with van der Waals surface area (Å²) < 4.78 is 26.2. The summed E-state index contributed by atoms with van der Waals surface area (Å²) in [6.07, 6.45) is -5.75. The predicted molar refractivity (Wildman–Crippen MR) is 152 cm³/mol. The summed E-state index contributed by atoms with van der Waals surface area (Å²) in [6, 6.07) is 11.9. The first-order valence-corrected chi connectivity index (χ1v) is 15.9. The van der Waals surface area contributed by atoms with Crippen LogP contribution < -0.4 is 0 Å². The molecule has 2 aromatic rings. The van der Waals surface area contributed by atoms with Crippen molar-refractivity contribution in [1.82, 2.24) is 0 Å². The Balaban J connectivity index is 1.90. The standard InChI is InChI=1S/C31H43FO6Si/c1-19(2)39(20(3)4,21(5)6)15-14-22-8-10-23(11-9-22)16-24-17-25(12-13-26(24)32)31(37-7)30(36)29(35)28(34)27(18-33)38-31/h8-13,17,19-21,27-30,33-36H,16,18H2,1-7H3/t27-,28-,29+,30-,31?/m1/s1. The van der Waals surface area contributed by atoms with Crippen LogP contribution >= 0.6 is 0 Å². The molecule has 1 heterocycles. The summed E-state index contributed by atoms with van der Waals surface area (Å²) >= 11 is 0. The molecule has 1 saturated heterocycles. The number of aliphatic hydroxyl groups is 4. The molecule has 0 bridgehead atoms. The van der Waals surface area contributed by atoms with E-state index in [1.807, 2.05) is 24.3 Å². The van der Waals surface area contributed by atoms with Crippen LogP contribution in [0.3, 0.4) is 0 Å². The second-order valence-corrected chi connectivity index (χ2v) is 17.0. The molecule has 1 fully saturated rings. The van der Waals surface area contributed by atoms with Gasteiger partial charge in [0, 0.05) is 24.7 Å². The molecular weight excluding hydrogens is 515 g/mol. The third-order valence-corrected chi connectivity index (χ3v) is 14.6. The Morgan fingerprint density at radius 2 is 1.54 bits per heavy atom. The lowest BCUT2D eigenvalue weighted by molar-refractivity contribution is -0.366. The first-order valence-electron chi connectivity index (χ1n) is 13.6. The fourth-order valence-electron chi connectivity index (χ4n) is 6.13. The summed E-state index contributed by atoms with van der Waals surface area (Å²) in [5.41, 5.74) is 7.74. The lowest BCUT2D eigenvalue weighted by Crippen LogP contribution is -2.64. The zero-order chi connectivity index (χ0) is 29.1. The third-order valence-electron chi connectivity index (χ3n) is 8.34. The van der Waals surface area contributed by atoms with Gasteiger partial charge in [0.15, 0.2) is 0 Å². The van der Waals surface area contributed by atoms with E-state index in [2.05, 4.69) is 53.0 Å². The van der Waals surface area contributed by atoms with E-state index < -0.39 is 50.7 Å². The SMILES string of the molecule is COC1(c2ccc(F)c(Cc3ccc(C#C[Si](C(C)C)(C(C)C)C(C)C)cc3)c2)O[C@H](CO)[C@@H](O)[C@H](O)[C@H]1O. The predicted octanol–water partition coefficient (Wildman–Crippen LogP) is 4.26. The van der Waals surface area contributed by atoms with Gasteiger partial charge in [0.25, 0.3) is 0 Å². The van der Waals surface area contributed by atoms with Crippen molar-refractivity contribution in [2.75, 3.05) is 13.7 Å². The minimum absolute atomic E-state index is 0.262. The highest BCUT2D eigenvalue weighted by atomic mass is 28.3. The summed E-state index contributed by atoms with van der Waals surface area (Å²) in [7, 11) is -0.575. The Bertz CT molecular complexity index is 1150. The first kappa shape index (κ1) is 31.4. The van der Waals surface area contributed by atoms with Gasteiger partial charge in [-0.3, -0.25) is 0 Å². The van der Waals surface area contributed by atoms with Crippen LogP contribution in [0.15, 0.2) is 42.5 Å². The molecule has 8 heteroatoms. The van der Waals surface area contributed by atoms with Crippen molar-refractivity contribution in [2.24, 2.45) is 0 Å². The van der Waals surface area contributed by atoms with E-state index >= 15 is 0 Å². The van der Waals surface area contributed by atoms with Crippen molar-refractivity contribution in [1.29, 1.82) is 0 Å². The lowest BCUT2D eigenvalue weighted by Gasteiger charge is -2.47. The van der Waals surface area contributed by atoms with E-state index in [-0.39, 0.29) is 12.0 Å². The third kappa shape index (κ3) is 6.01. The smallest absolute Gasteiger partial charge is 0.224 e. The number of aliphatic hydroxyl groups excluding tert-OH is 4. The van der Waals surface area contributed by atoms with E-state index in [1.54, 1.807) is 0 Å². The minimum Gasteiger partial charge on any atom is -0.394 e. The molecule has 0 radical (unpaired) electrons. The summed E-state index contributed by atoms with van der Waals surface area (Å²) in [4.78, 5) is 0. The molecule has 1 aliphatic rings. The maximum atomic E-state index is 14.9. The minimum atomic E-state index is -1.90. The van der Waals surface area contributed by atoms with Gasteiger partial charge in [-0.15, -0.1) is 5.54 Å². The Morgan fingerprint density at radius 1 is 0.949 bits per heavy atom. The molecule has 39 heavy (non-hydrogen) atoms. The average molecular weight is 559 g/mol. The van der Waals surface area contributed by atoms with E-state index in [1.165, 1.54) is 25.3 Å². The number of ether oxygens (including phenoxy) is 2. The van der Waals surface area contributed by atoms with Crippen molar-refractivity contribution < 1.29 is 34.3 Å². The van der Waals surface area contributed by atoms with Crippen molar-refractivity contribution >= 4 is 8.07 Å². The van der Waals surface area contributed by atoms with Crippen LogP contribution in [0.5, 0.6) is 0 Å². The van der Waals surface area contributed by atoms with E-state index in [0.717, 1.165) is 11.1 Å². The quantitative estimate of drug-likeness (QED) is 0.286. The molecule has 6 nitrogen and oxygen atoms in total. The van der Waals surface area contributed by atoms with Gasteiger partial charge in [0.2, 0.25) is 5.79 Å². The molecule has 3 rings (SSSR count). The monoisotopic (exact) mass is 558 g/mol. The maximum absolute atomic E-state index is 14.9. The Labute approximate surface area is 232 Å². The van der Waals surface area contributed by atoms with E-state index in [4.69, 9.17) is 9.47 Å². The van der Waals surface area contributed by atoms with Gasteiger partial charge in [-0.1, -0.05) is 65.7 Å². The molecular formula is C31H43FO6Si. The molecule has 0 aliphatic carbocycles. The Hall–Kier alpha value is -2.09. The van der Waals surface area contributed by atoms with Crippen molar-refractivity contribution in [3.63, 3.8) is 0 Å². The van der Waals surface area contributed by atoms with E-state index in [0.29, 0.717) is 22.2 Å². The van der Waals surface area contributed by atoms with Gasteiger partial charge in [0.05, 0.1) is 6.61 Å². The molecule has 2 aromatic carbocycles. The molecule has 0 aromatic heterocycles. The number of hydrogen-bond acceptors (Lipinski definition) is 6. The van der Waals surface area contributed by atoms with Crippen LogP contribution in [-0.2, 0) is 21.7 Å². The second-order valence-electron chi connectivity index (χ2n) is 11.5. The van der Waals surface area contributed by atoms with Gasteiger partial charge in [-0.2, -0.15) is 0 Å². The van der Waals surface area contributed by atoms with Crippen molar-refractivity contribution in [2.45, 2.75) is 94.8 Å². The number of rotatable bonds is 8. The van der Waals surface area contributed by atoms with Crippen LogP contribution in [0, 0.1) is 17.3 Å². The number of halogens is 1. The van der Waals surface area contributed by atoms with Crippen LogP contribution in [0.4, 0.5) is 4.39 Å².